The number of hydrogen-bond acceptors (Lipinski definition) is 1. The molecular weight excluding hydrogens is 182 g/mol. The molecule has 1 heteroatoms. The molecule has 0 atom stereocenters. The van der Waals surface area contributed by atoms with Gasteiger partial charge in [0.15, 0.2) is 0 Å². The van der Waals surface area contributed by atoms with Gasteiger partial charge in [0, 0.05) is 5.56 Å². The highest BCUT2D eigenvalue weighted by Crippen LogP contribution is 2.09. The molecule has 1 aromatic carbocycles. The van der Waals surface area contributed by atoms with Crippen molar-refractivity contribution in [2.45, 2.75) is 34.6 Å². The summed E-state index contributed by atoms with van der Waals surface area (Å²) in [5, 5.41) is 7.82. The summed E-state index contributed by atoms with van der Waals surface area (Å²) in [5.74, 6) is 0. The number of benzene rings is 1. The first-order valence-corrected chi connectivity index (χ1v) is 5.40. The molecule has 15 heavy (non-hydrogen) atoms. The van der Waals surface area contributed by atoms with E-state index in [1.807, 2.05) is 65.0 Å². The summed E-state index contributed by atoms with van der Waals surface area (Å²) in [5.41, 5.74) is 3.93. The first kappa shape index (κ1) is 13.6. The van der Waals surface area contributed by atoms with Gasteiger partial charge in [0.05, 0.1) is 5.71 Å². The van der Waals surface area contributed by atoms with E-state index in [0.29, 0.717) is 5.71 Å². The molecule has 0 heterocycles. The van der Waals surface area contributed by atoms with E-state index in [1.165, 1.54) is 0 Å². The van der Waals surface area contributed by atoms with Crippen LogP contribution in [0.15, 0.2) is 35.9 Å². The van der Waals surface area contributed by atoms with Crippen molar-refractivity contribution >= 4 is 5.71 Å². The second-order valence-electron chi connectivity index (χ2n) is 3.45. The monoisotopic (exact) mass is 203 g/mol. The Labute approximate surface area is 93.4 Å². The van der Waals surface area contributed by atoms with Crippen LogP contribution in [-0.4, -0.2) is 5.71 Å². The van der Waals surface area contributed by atoms with Crippen LogP contribution >= 0.6 is 0 Å². The lowest BCUT2D eigenvalue weighted by atomic mass is 10.0. The van der Waals surface area contributed by atoms with Crippen LogP contribution in [0.4, 0.5) is 0 Å². The van der Waals surface area contributed by atoms with Gasteiger partial charge in [-0.3, -0.25) is 0 Å². The normalized spacial score (nSPS) is 8.60. The Hall–Kier alpha value is -1.37. The molecule has 0 fully saturated rings. The summed E-state index contributed by atoms with van der Waals surface area (Å²) < 4.78 is 0. The molecule has 0 unspecified atom stereocenters. The van der Waals surface area contributed by atoms with Crippen molar-refractivity contribution in [3.8, 4) is 0 Å². The molecule has 0 amide bonds. The molecule has 1 nitrogen and oxygen atoms in total. The molecule has 0 aliphatic rings. The first-order valence-electron chi connectivity index (χ1n) is 5.40. The summed E-state index contributed by atoms with van der Waals surface area (Å²) in [6, 6.07) is 7.98. The smallest absolute Gasteiger partial charge is 0.0614 e. The lowest BCUT2D eigenvalue weighted by Crippen LogP contribution is -1.97. The number of nitrogens with one attached hydrogen (secondary N) is 1. The molecule has 82 valence electrons. The van der Waals surface area contributed by atoms with Crippen molar-refractivity contribution in [3.63, 3.8) is 0 Å². The van der Waals surface area contributed by atoms with Crippen LogP contribution in [0.2, 0.25) is 0 Å². The zero-order valence-electron chi connectivity index (χ0n) is 10.4. The van der Waals surface area contributed by atoms with Gasteiger partial charge in [0.25, 0.3) is 0 Å². The van der Waals surface area contributed by atoms with E-state index in [-0.39, 0.29) is 0 Å². The summed E-state index contributed by atoms with van der Waals surface area (Å²) >= 11 is 0. The largest absolute Gasteiger partial charge is 0.300 e. The molecular formula is C14H21N. The van der Waals surface area contributed by atoms with E-state index in [0.717, 1.165) is 16.7 Å². The molecule has 0 saturated carbocycles. The van der Waals surface area contributed by atoms with E-state index >= 15 is 0 Å². The topological polar surface area (TPSA) is 23.9 Å². The van der Waals surface area contributed by atoms with Gasteiger partial charge in [-0.2, -0.15) is 0 Å². The fraction of sp³-hybridized carbons (Fsp3) is 0.357. The Morgan fingerprint density at radius 3 is 2.13 bits per heavy atom. The van der Waals surface area contributed by atoms with Gasteiger partial charge in [-0.25, -0.2) is 0 Å². The molecule has 0 saturated heterocycles. The Morgan fingerprint density at radius 1 is 1.13 bits per heavy atom. The minimum atomic E-state index is 0.595. The van der Waals surface area contributed by atoms with E-state index in [4.69, 9.17) is 5.41 Å². The second kappa shape index (κ2) is 6.99. The van der Waals surface area contributed by atoms with Crippen LogP contribution < -0.4 is 0 Å². The molecule has 0 bridgehead atoms. The van der Waals surface area contributed by atoms with Crippen LogP contribution in [0.25, 0.3) is 0 Å². The van der Waals surface area contributed by atoms with E-state index in [2.05, 4.69) is 0 Å². The van der Waals surface area contributed by atoms with Crippen molar-refractivity contribution in [1.82, 2.24) is 0 Å². The molecule has 1 aromatic rings. The van der Waals surface area contributed by atoms with Gasteiger partial charge in [-0.05, 0) is 32.4 Å². The Balaban J connectivity index is 0.000000921. The molecule has 1 rings (SSSR count). The summed E-state index contributed by atoms with van der Waals surface area (Å²) in [6.07, 6.45) is 1.89. The van der Waals surface area contributed by atoms with E-state index < -0.39 is 0 Å². The fourth-order valence-electron chi connectivity index (χ4n) is 1.24. The predicted molar refractivity (Wildman–Crippen MR) is 68.8 cm³/mol. The Kier molecular flexibility index (Phi) is 6.35. The van der Waals surface area contributed by atoms with Gasteiger partial charge in [-0.15, -0.1) is 0 Å². The highest BCUT2D eigenvalue weighted by molar-refractivity contribution is 6.07. The fourth-order valence-corrected chi connectivity index (χ4v) is 1.24. The van der Waals surface area contributed by atoms with Crippen molar-refractivity contribution in [1.29, 1.82) is 5.41 Å². The average molecular weight is 203 g/mol. The summed E-state index contributed by atoms with van der Waals surface area (Å²) in [7, 11) is 0. The lowest BCUT2D eigenvalue weighted by Gasteiger charge is -2.03. The highest BCUT2D eigenvalue weighted by atomic mass is 14.4. The van der Waals surface area contributed by atoms with Crippen molar-refractivity contribution in [3.05, 3.63) is 47.0 Å². The quantitative estimate of drug-likeness (QED) is 0.691. The van der Waals surface area contributed by atoms with E-state index in [9.17, 15) is 0 Å². The van der Waals surface area contributed by atoms with Gasteiger partial charge in [0.1, 0.15) is 0 Å². The van der Waals surface area contributed by atoms with Gasteiger partial charge >= 0.3 is 0 Å². The number of hydrogen-bond donors (Lipinski definition) is 1. The zero-order valence-corrected chi connectivity index (χ0v) is 10.4. The minimum absolute atomic E-state index is 0.595. The maximum atomic E-state index is 7.82. The third kappa shape index (κ3) is 4.59. The molecule has 0 spiro atoms. The first-order chi connectivity index (χ1) is 7.11. The maximum absolute atomic E-state index is 7.82. The molecule has 0 radical (unpaired) electrons. The van der Waals surface area contributed by atoms with Crippen molar-refractivity contribution in [2.75, 3.05) is 0 Å². The zero-order chi connectivity index (χ0) is 11.8. The molecule has 0 aliphatic heterocycles. The number of rotatable bonds is 2. The summed E-state index contributed by atoms with van der Waals surface area (Å²) in [6.45, 7) is 10.0. The SMILES string of the molecule is CC.CC(C)=CC(=N)c1ccccc1C. The molecule has 1 N–H and O–H groups in total. The van der Waals surface area contributed by atoms with Crippen LogP contribution in [0.5, 0.6) is 0 Å². The number of aryl methyl sites for hydroxylation is 1. The van der Waals surface area contributed by atoms with Crippen LogP contribution in [0.1, 0.15) is 38.8 Å². The van der Waals surface area contributed by atoms with Crippen LogP contribution in [0.3, 0.4) is 0 Å². The van der Waals surface area contributed by atoms with Crippen LogP contribution in [0, 0.1) is 12.3 Å². The van der Waals surface area contributed by atoms with E-state index in [1.54, 1.807) is 0 Å². The standard InChI is InChI=1S/C12H15N.C2H6/c1-9(2)8-12(13)11-7-5-4-6-10(11)3;1-2/h4-8,13H,1-3H3;1-2H3. The molecule has 0 aromatic heterocycles. The number of allylic oxidation sites excluding steroid dienone is 2. The Bertz CT molecular complexity index is 344. The highest BCUT2D eigenvalue weighted by Gasteiger charge is 2.00. The predicted octanol–water partition coefficient (Wildman–Crippen LogP) is 4.36. The van der Waals surface area contributed by atoms with Crippen LogP contribution in [-0.2, 0) is 0 Å². The Morgan fingerprint density at radius 2 is 1.67 bits per heavy atom. The van der Waals surface area contributed by atoms with Crippen molar-refractivity contribution < 1.29 is 0 Å². The minimum Gasteiger partial charge on any atom is -0.300 e. The van der Waals surface area contributed by atoms with Gasteiger partial charge in [-0.1, -0.05) is 43.7 Å². The second-order valence-corrected chi connectivity index (χ2v) is 3.45. The van der Waals surface area contributed by atoms with Gasteiger partial charge in [0.2, 0.25) is 0 Å². The van der Waals surface area contributed by atoms with Gasteiger partial charge < -0.3 is 5.41 Å². The molecule has 0 aliphatic carbocycles. The third-order valence-electron chi connectivity index (χ3n) is 1.87. The average Bonchev–Trinajstić information content (AvgIpc) is 2.20. The lowest BCUT2D eigenvalue weighted by molar-refractivity contribution is 1.37. The maximum Gasteiger partial charge on any atom is 0.0614 e. The summed E-state index contributed by atoms with van der Waals surface area (Å²) in [4.78, 5) is 0. The van der Waals surface area contributed by atoms with Crippen molar-refractivity contribution in [2.24, 2.45) is 0 Å². The third-order valence-corrected chi connectivity index (χ3v) is 1.87.